The first-order valence-corrected chi connectivity index (χ1v) is 11.3. The maximum atomic E-state index is 12.4. The van der Waals surface area contributed by atoms with Crippen LogP contribution in [0.2, 0.25) is 0 Å². The molecule has 8 nitrogen and oxygen atoms in total. The molecule has 32 heavy (non-hydrogen) atoms. The lowest BCUT2D eigenvalue weighted by atomic mass is 10.0. The van der Waals surface area contributed by atoms with Gasteiger partial charge in [0.25, 0.3) is 0 Å². The van der Waals surface area contributed by atoms with Crippen molar-refractivity contribution in [3.63, 3.8) is 0 Å². The van der Waals surface area contributed by atoms with Crippen LogP contribution in [0.3, 0.4) is 0 Å². The van der Waals surface area contributed by atoms with Gasteiger partial charge in [0.1, 0.15) is 12.4 Å². The van der Waals surface area contributed by atoms with E-state index >= 15 is 0 Å². The smallest absolute Gasteiger partial charge is 0.410 e. The van der Waals surface area contributed by atoms with Crippen molar-refractivity contribution in [2.75, 3.05) is 25.0 Å². The molecule has 1 aliphatic rings. The largest absolute Gasteiger partial charge is 0.443 e. The lowest BCUT2D eigenvalue weighted by molar-refractivity contribution is 0.0853. The van der Waals surface area contributed by atoms with Gasteiger partial charge >= 0.3 is 6.09 Å². The molecule has 0 unspecified atom stereocenters. The zero-order valence-corrected chi connectivity index (χ0v) is 18.6. The van der Waals surface area contributed by atoms with Crippen LogP contribution >= 0.6 is 11.3 Å². The lowest BCUT2D eigenvalue weighted by Crippen LogP contribution is -2.46. The van der Waals surface area contributed by atoms with Crippen LogP contribution in [0, 0.1) is 0 Å². The number of carbonyl (C=O) groups is 2. The number of benzene rings is 1. The molecule has 0 atom stereocenters. The van der Waals surface area contributed by atoms with Crippen molar-refractivity contribution in [1.82, 2.24) is 14.9 Å². The standard InChI is InChI=1S/C23H25N5O3S/c1-27(23(30)31-13-18-14-32-15-25-18)19-8-10-28(11-9-19)21-7-3-6-20(26-21)16-4-2-5-17(12-16)22(24)29/h2-7,12,14-15,19H,8-11,13H2,1H3,(H2,24,29). The van der Waals surface area contributed by atoms with Crippen LogP contribution < -0.4 is 10.6 Å². The molecular weight excluding hydrogens is 426 g/mol. The molecule has 1 aromatic carbocycles. The number of piperidine rings is 1. The van der Waals surface area contributed by atoms with Crippen LogP contribution in [0.25, 0.3) is 11.3 Å². The summed E-state index contributed by atoms with van der Waals surface area (Å²) in [6, 6.07) is 13.1. The molecule has 4 rings (SSSR count). The Morgan fingerprint density at radius 1 is 1.22 bits per heavy atom. The summed E-state index contributed by atoms with van der Waals surface area (Å²) in [7, 11) is 1.79. The number of pyridine rings is 1. The van der Waals surface area contributed by atoms with Crippen LogP contribution in [-0.2, 0) is 11.3 Å². The number of amides is 2. The molecule has 2 aromatic heterocycles. The first-order valence-electron chi connectivity index (χ1n) is 10.4. The third-order valence-corrected chi connectivity index (χ3v) is 6.26. The first-order chi connectivity index (χ1) is 15.5. The van der Waals surface area contributed by atoms with E-state index in [1.165, 1.54) is 11.3 Å². The molecule has 9 heteroatoms. The molecule has 0 saturated carbocycles. The molecule has 1 saturated heterocycles. The van der Waals surface area contributed by atoms with Crippen molar-refractivity contribution in [3.8, 4) is 11.3 Å². The molecule has 0 spiro atoms. The van der Waals surface area contributed by atoms with Crippen LogP contribution in [0.4, 0.5) is 10.6 Å². The Morgan fingerprint density at radius 3 is 2.72 bits per heavy atom. The Kier molecular flexibility index (Phi) is 6.65. The van der Waals surface area contributed by atoms with Crippen LogP contribution in [0.15, 0.2) is 53.4 Å². The Labute approximate surface area is 190 Å². The van der Waals surface area contributed by atoms with Gasteiger partial charge in [-0.1, -0.05) is 18.2 Å². The summed E-state index contributed by atoms with van der Waals surface area (Å²) in [6.45, 7) is 1.76. The van der Waals surface area contributed by atoms with E-state index in [0.29, 0.717) is 5.56 Å². The summed E-state index contributed by atoms with van der Waals surface area (Å²) in [5.41, 5.74) is 9.98. The molecule has 3 heterocycles. The second-order valence-electron chi connectivity index (χ2n) is 7.69. The molecule has 1 fully saturated rings. The summed E-state index contributed by atoms with van der Waals surface area (Å²) >= 11 is 1.48. The van der Waals surface area contributed by atoms with Gasteiger partial charge in [-0.15, -0.1) is 11.3 Å². The molecule has 166 valence electrons. The molecule has 0 radical (unpaired) electrons. The maximum Gasteiger partial charge on any atom is 0.410 e. The minimum atomic E-state index is -0.459. The highest BCUT2D eigenvalue weighted by Crippen LogP contribution is 2.25. The van der Waals surface area contributed by atoms with Crippen molar-refractivity contribution < 1.29 is 14.3 Å². The molecule has 1 aliphatic heterocycles. The molecule has 3 aromatic rings. The average Bonchev–Trinajstić information content (AvgIpc) is 3.36. The third kappa shape index (κ3) is 5.05. The Morgan fingerprint density at radius 2 is 2.00 bits per heavy atom. The number of primary amides is 1. The van der Waals surface area contributed by atoms with Crippen LogP contribution in [-0.4, -0.2) is 53.0 Å². The normalized spacial score (nSPS) is 14.2. The monoisotopic (exact) mass is 451 g/mol. The number of rotatable bonds is 6. The van der Waals surface area contributed by atoms with Gasteiger partial charge in [-0.2, -0.15) is 0 Å². The van der Waals surface area contributed by atoms with E-state index in [0.717, 1.165) is 48.7 Å². The van der Waals surface area contributed by atoms with Gasteiger partial charge in [0.05, 0.1) is 16.9 Å². The number of thiazole rings is 1. The summed E-state index contributed by atoms with van der Waals surface area (Å²) in [4.78, 5) is 36.7. The number of aromatic nitrogens is 2. The Bertz CT molecular complexity index is 1080. The van der Waals surface area contributed by atoms with Crippen molar-refractivity contribution in [1.29, 1.82) is 0 Å². The van der Waals surface area contributed by atoms with E-state index < -0.39 is 5.91 Å². The van der Waals surface area contributed by atoms with Crippen molar-refractivity contribution in [2.24, 2.45) is 5.73 Å². The topological polar surface area (TPSA) is 102 Å². The number of anilines is 1. The number of hydrogen-bond donors (Lipinski definition) is 1. The first kappa shape index (κ1) is 21.8. The number of nitrogens with two attached hydrogens (primary N) is 1. The lowest BCUT2D eigenvalue weighted by Gasteiger charge is -2.36. The number of nitrogens with zero attached hydrogens (tertiary/aromatic N) is 4. The van der Waals surface area contributed by atoms with Gasteiger partial charge < -0.3 is 20.3 Å². The van der Waals surface area contributed by atoms with E-state index in [2.05, 4.69) is 9.88 Å². The third-order valence-electron chi connectivity index (χ3n) is 5.63. The van der Waals surface area contributed by atoms with E-state index in [-0.39, 0.29) is 18.7 Å². The summed E-state index contributed by atoms with van der Waals surface area (Å²) < 4.78 is 5.38. The predicted octanol–water partition coefficient (Wildman–Crippen LogP) is 3.54. The second-order valence-corrected chi connectivity index (χ2v) is 8.41. The van der Waals surface area contributed by atoms with Crippen molar-refractivity contribution in [3.05, 3.63) is 64.6 Å². The van der Waals surface area contributed by atoms with Crippen LogP contribution in [0.1, 0.15) is 28.9 Å². The fraction of sp³-hybridized carbons (Fsp3) is 0.304. The number of hydrogen-bond acceptors (Lipinski definition) is 7. The molecule has 2 amide bonds. The van der Waals surface area contributed by atoms with Gasteiger partial charge in [-0.25, -0.2) is 14.8 Å². The van der Waals surface area contributed by atoms with E-state index in [4.69, 9.17) is 15.5 Å². The maximum absolute atomic E-state index is 12.4. The number of carbonyl (C=O) groups excluding carboxylic acids is 2. The minimum absolute atomic E-state index is 0.115. The van der Waals surface area contributed by atoms with E-state index in [1.54, 1.807) is 35.7 Å². The second kappa shape index (κ2) is 9.78. The van der Waals surface area contributed by atoms with Gasteiger partial charge in [0, 0.05) is 42.7 Å². The SMILES string of the molecule is CN(C(=O)OCc1cscn1)C1CCN(c2cccc(-c3cccc(C(N)=O)c3)n2)CC1. The van der Waals surface area contributed by atoms with Gasteiger partial charge in [0.15, 0.2) is 0 Å². The fourth-order valence-electron chi connectivity index (χ4n) is 3.77. The number of ether oxygens (including phenoxy) is 1. The Hall–Kier alpha value is -3.46. The summed E-state index contributed by atoms with van der Waals surface area (Å²) in [5, 5.41) is 1.87. The highest BCUT2D eigenvalue weighted by molar-refractivity contribution is 7.07. The van der Waals surface area contributed by atoms with Crippen molar-refractivity contribution in [2.45, 2.75) is 25.5 Å². The van der Waals surface area contributed by atoms with Gasteiger partial charge in [-0.05, 0) is 37.1 Å². The van der Waals surface area contributed by atoms with E-state index in [9.17, 15) is 9.59 Å². The fourth-order valence-corrected chi connectivity index (χ4v) is 4.31. The zero-order chi connectivity index (χ0) is 22.5. The summed E-state index contributed by atoms with van der Waals surface area (Å²) in [5.74, 6) is 0.415. The van der Waals surface area contributed by atoms with Gasteiger partial charge in [-0.3, -0.25) is 4.79 Å². The molecule has 2 N–H and O–H groups in total. The molecular formula is C23H25N5O3S. The predicted molar refractivity (Wildman–Crippen MR) is 123 cm³/mol. The van der Waals surface area contributed by atoms with Crippen molar-refractivity contribution >= 4 is 29.2 Å². The van der Waals surface area contributed by atoms with E-state index in [1.807, 2.05) is 29.6 Å². The zero-order valence-electron chi connectivity index (χ0n) is 17.8. The van der Waals surface area contributed by atoms with Crippen LogP contribution in [0.5, 0.6) is 0 Å². The summed E-state index contributed by atoms with van der Waals surface area (Å²) in [6.07, 6.45) is 1.32. The minimum Gasteiger partial charge on any atom is -0.443 e. The highest BCUT2D eigenvalue weighted by atomic mass is 32.1. The highest BCUT2D eigenvalue weighted by Gasteiger charge is 2.27. The quantitative estimate of drug-likeness (QED) is 0.615. The molecule has 0 aliphatic carbocycles. The van der Waals surface area contributed by atoms with Gasteiger partial charge in [0.2, 0.25) is 5.91 Å². The average molecular weight is 452 g/mol. The molecule has 0 bridgehead atoms. The Balaban J connectivity index is 1.36.